The molecule has 2 heterocycles. The van der Waals surface area contributed by atoms with Crippen molar-refractivity contribution in [3.63, 3.8) is 0 Å². The maximum Gasteiger partial charge on any atom is 0.331 e. The molecule has 0 radical (unpaired) electrons. The zero-order valence-electron chi connectivity index (χ0n) is 10.7. The average molecular weight is 276 g/mol. The Hall–Kier alpha value is -2.83. The summed E-state index contributed by atoms with van der Waals surface area (Å²) in [5.74, 6) is 0.212. The first-order valence-electron chi connectivity index (χ1n) is 5.75. The monoisotopic (exact) mass is 276 g/mol. The van der Waals surface area contributed by atoms with Crippen molar-refractivity contribution in [1.82, 2.24) is 5.16 Å². The van der Waals surface area contributed by atoms with Crippen LogP contribution in [0.4, 0.5) is 5.82 Å². The van der Waals surface area contributed by atoms with Gasteiger partial charge in [-0.3, -0.25) is 4.79 Å². The fraction of sp³-hybridized carbons (Fsp3) is 0.154. The number of aromatic nitrogens is 1. The molecule has 0 spiro atoms. The minimum absolute atomic E-state index is 0.273. The standard InChI is InChI=1S/C13H12N2O5/c1-9-7-11(15-20-9)14-12(16)8-19-13(17)5-4-10-3-2-6-18-10/h2-7H,8H2,1H3,(H,14,15,16)/b5-4+. The van der Waals surface area contributed by atoms with Crippen molar-refractivity contribution in [2.75, 3.05) is 11.9 Å². The first kappa shape index (κ1) is 13.6. The van der Waals surface area contributed by atoms with E-state index in [1.165, 1.54) is 18.4 Å². The van der Waals surface area contributed by atoms with E-state index in [9.17, 15) is 9.59 Å². The van der Waals surface area contributed by atoms with Crippen LogP contribution in [-0.2, 0) is 14.3 Å². The summed E-state index contributed by atoms with van der Waals surface area (Å²) in [5.41, 5.74) is 0. The quantitative estimate of drug-likeness (QED) is 0.660. The number of carbonyl (C=O) groups excluding carboxylic acids is 2. The molecule has 1 N–H and O–H groups in total. The van der Waals surface area contributed by atoms with Crippen LogP contribution in [0.25, 0.3) is 6.08 Å². The second kappa shape index (κ2) is 6.37. The van der Waals surface area contributed by atoms with Crippen LogP contribution in [0.2, 0.25) is 0 Å². The third-order valence-electron chi connectivity index (χ3n) is 2.17. The van der Waals surface area contributed by atoms with E-state index in [-0.39, 0.29) is 5.82 Å². The summed E-state index contributed by atoms with van der Waals surface area (Å²) >= 11 is 0. The summed E-state index contributed by atoms with van der Waals surface area (Å²) in [6.45, 7) is 1.29. The summed E-state index contributed by atoms with van der Waals surface area (Å²) in [4.78, 5) is 22.8. The van der Waals surface area contributed by atoms with Crippen LogP contribution in [0.5, 0.6) is 0 Å². The smallest absolute Gasteiger partial charge is 0.331 e. The van der Waals surface area contributed by atoms with Gasteiger partial charge >= 0.3 is 5.97 Å². The lowest BCUT2D eigenvalue weighted by Crippen LogP contribution is -2.20. The van der Waals surface area contributed by atoms with Crippen molar-refractivity contribution < 1.29 is 23.3 Å². The molecule has 7 nitrogen and oxygen atoms in total. The Balaban J connectivity index is 1.74. The van der Waals surface area contributed by atoms with Gasteiger partial charge in [0.25, 0.3) is 5.91 Å². The highest BCUT2D eigenvalue weighted by atomic mass is 16.5. The summed E-state index contributed by atoms with van der Waals surface area (Å²) in [6, 6.07) is 4.93. The highest BCUT2D eigenvalue weighted by molar-refractivity contribution is 5.93. The Morgan fingerprint density at radius 2 is 2.35 bits per heavy atom. The number of rotatable bonds is 5. The molecule has 2 aromatic heterocycles. The maximum absolute atomic E-state index is 11.4. The Morgan fingerprint density at radius 1 is 1.50 bits per heavy atom. The molecule has 2 rings (SSSR count). The van der Waals surface area contributed by atoms with E-state index in [4.69, 9.17) is 13.7 Å². The number of nitrogens with one attached hydrogen (secondary N) is 1. The maximum atomic E-state index is 11.4. The molecule has 0 bridgehead atoms. The Morgan fingerprint density at radius 3 is 3.00 bits per heavy atom. The molecule has 0 aromatic carbocycles. The summed E-state index contributed by atoms with van der Waals surface area (Å²) in [6.07, 6.45) is 4.10. The number of aryl methyl sites for hydroxylation is 1. The van der Waals surface area contributed by atoms with E-state index in [1.807, 2.05) is 0 Å². The number of furan rings is 1. The number of nitrogens with zero attached hydrogens (tertiary/aromatic N) is 1. The van der Waals surface area contributed by atoms with Crippen LogP contribution in [0, 0.1) is 6.92 Å². The Labute approximate surface area is 114 Å². The van der Waals surface area contributed by atoms with E-state index in [0.717, 1.165) is 0 Å². The van der Waals surface area contributed by atoms with Crippen molar-refractivity contribution in [2.45, 2.75) is 6.92 Å². The molecule has 0 saturated heterocycles. The number of hydrogen-bond acceptors (Lipinski definition) is 6. The average Bonchev–Trinajstić information content (AvgIpc) is 3.06. The van der Waals surface area contributed by atoms with Crippen LogP contribution in [-0.4, -0.2) is 23.6 Å². The van der Waals surface area contributed by atoms with Gasteiger partial charge in [0.15, 0.2) is 12.4 Å². The first-order chi connectivity index (χ1) is 9.63. The zero-order chi connectivity index (χ0) is 14.4. The van der Waals surface area contributed by atoms with Crippen molar-refractivity contribution in [2.24, 2.45) is 0 Å². The molecule has 20 heavy (non-hydrogen) atoms. The van der Waals surface area contributed by atoms with Crippen molar-refractivity contribution in [1.29, 1.82) is 0 Å². The lowest BCUT2D eigenvalue weighted by atomic mass is 10.4. The van der Waals surface area contributed by atoms with Gasteiger partial charge in [-0.05, 0) is 25.1 Å². The number of hydrogen-bond donors (Lipinski definition) is 1. The summed E-state index contributed by atoms with van der Waals surface area (Å²) in [7, 11) is 0. The van der Waals surface area contributed by atoms with Crippen LogP contribution in [0.1, 0.15) is 11.5 Å². The SMILES string of the molecule is Cc1cc(NC(=O)COC(=O)/C=C/c2ccco2)no1. The molecule has 0 unspecified atom stereocenters. The molecule has 0 aliphatic heterocycles. The normalized spacial score (nSPS) is 10.7. The van der Waals surface area contributed by atoms with E-state index >= 15 is 0 Å². The van der Waals surface area contributed by atoms with E-state index in [0.29, 0.717) is 11.5 Å². The van der Waals surface area contributed by atoms with Gasteiger partial charge < -0.3 is 19.0 Å². The summed E-state index contributed by atoms with van der Waals surface area (Å²) in [5, 5.41) is 6.00. The van der Waals surface area contributed by atoms with E-state index in [1.54, 1.807) is 25.1 Å². The molecule has 0 fully saturated rings. The third kappa shape index (κ3) is 4.13. The number of ether oxygens (including phenoxy) is 1. The Bertz CT molecular complexity index is 613. The van der Waals surface area contributed by atoms with Crippen molar-refractivity contribution >= 4 is 23.8 Å². The minimum atomic E-state index is -0.645. The molecule has 0 saturated carbocycles. The van der Waals surface area contributed by atoms with Gasteiger partial charge in [-0.2, -0.15) is 0 Å². The molecule has 7 heteroatoms. The molecule has 1 amide bonds. The number of amides is 1. The molecular weight excluding hydrogens is 264 g/mol. The summed E-state index contributed by atoms with van der Waals surface area (Å²) < 4.78 is 14.5. The van der Waals surface area contributed by atoms with Gasteiger partial charge in [-0.1, -0.05) is 5.16 Å². The van der Waals surface area contributed by atoms with Gasteiger partial charge in [0.2, 0.25) is 0 Å². The number of esters is 1. The van der Waals surface area contributed by atoms with Gasteiger partial charge in [0.05, 0.1) is 6.26 Å². The second-order valence-corrected chi connectivity index (χ2v) is 3.83. The number of carbonyl (C=O) groups is 2. The van der Waals surface area contributed by atoms with Gasteiger partial charge in [0.1, 0.15) is 11.5 Å². The first-order valence-corrected chi connectivity index (χ1v) is 5.75. The van der Waals surface area contributed by atoms with E-state index < -0.39 is 18.5 Å². The van der Waals surface area contributed by atoms with Crippen LogP contribution < -0.4 is 5.32 Å². The van der Waals surface area contributed by atoms with E-state index in [2.05, 4.69) is 10.5 Å². The largest absolute Gasteiger partial charge is 0.465 e. The Kier molecular flexibility index (Phi) is 4.33. The van der Waals surface area contributed by atoms with Crippen molar-refractivity contribution in [3.8, 4) is 0 Å². The lowest BCUT2D eigenvalue weighted by Gasteiger charge is -2.01. The second-order valence-electron chi connectivity index (χ2n) is 3.83. The van der Waals surface area contributed by atoms with Crippen LogP contribution in [0.15, 0.2) is 39.5 Å². The van der Waals surface area contributed by atoms with Crippen LogP contribution >= 0.6 is 0 Å². The topological polar surface area (TPSA) is 94.6 Å². The molecule has 2 aromatic rings. The molecule has 0 aliphatic rings. The molecule has 0 atom stereocenters. The predicted molar refractivity (Wildman–Crippen MR) is 68.6 cm³/mol. The minimum Gasteiger partial charge on any atom is -0.465 e. The zero-order valence-corrected chi connectivity index (χ0v) is 10.7. The highest BCUT2D eigenvalue weighted by Gasteiger charge is 2.08. The van der Waals surface area contributed by atoms with Gasteiger partial charge in [-0.15, -0.1) is 0 Å². The fourth-order valence-electron chi connectivity index (χ4n) is 1.33. The van der Waals surface area contributed by atoms with Gasteiger partial charge in [-0.25, -0.2) is 4.79 Å². The highest BCUT2D eigenvalue weighted by Crippen LogP contribution is 2.06. The lowest BCUT2D eigenvalue weighted by molar-refractivity contribution is -0.142. The van der Waals surface area contributed by atoms with Gasteiger partial charge in [0, 0.05) is 12.1 Å². The number of anilines is 1. The van der Waals surface area contributed by atoms with Crippen LogP contribution in [0.3, 0.4) is 0 Å². The third-order valence-corrected chi connectivity index (χ3v) is 2.17. The molecule has 0 aliphatic carbocycles. The van der Waals surface area contributed by atoms with Crippen molar-refractivity contribution in [3.05, 3.63) is 42.1 Å². The molecular formula is C13H12N2O5. The molecule has 104 valence electrons. The fourth-order valence-corrected chi connectivity index (χ4v) is 1.33. The predicted octanol–water partition coefficient (Wildman–Crippen LogP) is 1.77.